The highest BCUT2D eigenvalue weighted by Gasteiger charge is 2.37. The highest BCUT2D eigenvalue weighted by molar-refractivity contribution is 6.26. The zero-order chi connectivity index (χ0) is 37.9. The van der Waals surface area contributed by atoms with Crippen LogP contribution in [0.5, 0.6) is 0 Å². The van der Waals surface area contributed by atoms with Gasteiger partial charge in [-0.1, -0.05) is 121 Å². The van der Waals surface area contributed by atoms with Crippen LogP contribution in [0.15, 0.2) is 206 Å². The summed E-state index contributed by atoms with van der Waals surface area (Å²) in [4.78, 5) is 2.51. The lowest BCUT2D eigenvalue weighted by Gasteiger charge is -2.28. The molecule has 58 heavy (non-hydrogen) atoms. The van der Waals surface area contributed by atoms with E-state index in [1.54, 1.807) is 0 Å². The van der Waals surface area contributed by atoms with Gasteiger partial charge in [0.1, 0.15) is 0 Å². The number of hydrogen-bond acceptors (Lipinski definition) is 1. The predicted octanol–water partition coefficient (Wildman–Crippen LogP) is 13.7. The van der Waals surface area contributed by atoms with E-state index in [1.807, 2.05) is 0 Å². The van der Waals surface area contributed by atoms with Gasteiger partial charge in [0.25, 0.3) is 0 Å². The molecule has 13 rings (SSSR count). The lowest BCUT2D eigenvalue weighted by atomic mass is 9.91. The molecule has 0 saturated heterocycles. The smallest absolute Gasteiger partial charge is 0.0641 e. The van der Waals surface area contributed by atoms with Crippen LogP contribution in [-0.2, 0) is 0 Å². The first kappa shape index (κ1) is 31.6. The minimum absolute atomic E-state index is 0.241. The molecule has 4 heterocycles. The molecule has 3 aromatic heterocycles. The number of nitrogens with zero attached hydrogens (tertiary/aromatic N) is 4. The molecule has 2 aliphatic rings. The van der Waals surface area contributed by atoms with Gasteiger partial charge in [-0.3, -0.25) is 0 Å². The number of aromatic nitrogens is 3. The maximum atomic E-state index is 2.52. The summed E-state index contributed by atoms with van der Waals surface area (Å²) in [5, 5.41) is 7.51. The van der Waals surface area contributed by atoms with Gasteiger partial charge in [0.2, 0.25) is 0 Å². The summed E-state index contributed by atoms with van der Waals surface area (Å²) in [6.07, 6.45) is 9.13. The first-order valence-corrected chi connectivity index (χ1v) is 20.2. The van der Waals surface area contributed by atoms with Crippen LogP contribution in [0.3, 0.4) is 0 Å². The summed E-state index contributed by atoms with van der Waals surface area (Å²) in [5.41, 5.74) is 14.6. The topological polar surface area (TPSA) is 18.0 Å². The summed E-state index contributed by atoms with van der Waals surface area (Å²) < 4.78 is 7.40. The van der Waals surface area contributed by atoms with E-state index in [0.29, 0.717) is 0 Å². The van der Waals surface area contributed by atoms with Crippen LogP contribution in [0.1, 0.15) is 11.5 Å². The largest absolute Gasteiger partial charge is 0.333 e. The zero-order valence-corrected chi connectivity index (χ0v) is 31.6. The number of allylic oxidation sites excluding steroid dienone is 2. The van der Waals surface area contributed by atoms with E-state index in [0.717, 1.165) is 5.69 Å². The van der Waals surface area contributed by atoms with Crippen LogP contribution in [0.25, 0.3) is 82.5 Å². The molecule has 0 fully saturated rings. The van der Waals surface area contributed by atoms with E-state index in [2.05, 4.69) is 225 Å². The molecule has 2 unspecified atom stereocenters. The van der Waals surface area contributed by atoms with Crippen LogP contribution in [0.2, 0.25) is 0 Å². The Morgan fingerprint density at radius 3 is 1.67 bits per heavy atom. The predicted molar refractivity (Wildman–Crippen MR) is 243 cm³/mol. The molecule has 0 N–H and O–H groups in total. The van der Waals surface area contributed by atoms with Gasteiger partial charge < -0.3 is 18.6 Å². The number of para-hydroxylation sites is 5. The van der Waals surface area contributed by atoms with Crippen LogP contribution in [0, 0.1) is 0 Å². The molecule has 4 nitrogen and oxygen atoms in total. The second-order valence-electron chi connectivity index (χ2n) is 15.7. The van der Waals surface area contributed by atoms with Crippen LogP contribution in [-0.4, -0.2) is 19.7 Å². The molecule has 0 spiro atoms. The maximum Gasteiger partial charge on any atom is 0.0641 e. The van der Waals surface area contributed by atoms with Crippen molar-refractivity contribution in [2.45, 2.75) is 12.0 Å². The Morgan fingerprint density at radius 1 is 0.345 bits per heavy atom. The summed E-state index contributed by atoms with van der Waals surface area (Å²) in [7, 11) is 0. The highest BCUT2D eigenvalue weighted by atomic mass is 15.2. The number of fused-ring (bicyclic) bond motifs is 13. The van der Waals surface area contributed by atoms with Crippen LogP contribution < -0.4 is 4.90 Å². The van der Waals surface area contributed by atoms with E-state index in [-0.39, 0.29) is 12.0 Å². The summed E-state index contributed by atoms with van der Waals surface area (Å²) in [5.74, 6) is 0.269. The number of benzene rings is 8. The second kappa shape index (κ2) is 12.0. The second-order valence-corrected chi connectivity index (χ2v) is 15.7. The maximum absolute atomic E-state index is 2.52. The number of hydrogen-bond donors (Lipinski definition) is 0. The zero-order valence-electron chi connectivity index (χ0n) is 31.6. The van der Waals surface area contributed by atoms with Gasteiger partial charge in [0.15, 0.2) is 0 Å². The van der Waals surface area contributed by atoms with E-state index in [1.165, 1.54) is 93.7 Å². The fraction of sp³-hybridized carbons (Fsp3) is 0.0370. The molecule has 8 aromatic carbocycles. The molecule has 4 heteroatoms. The normalized spacial score (nSPS) is 16.1. The molecule has 0 amide bonds. The average Bonchev–Trinajstić information content (AvgIpc) is 4.01. The third kappa shape index (κ3) is 4.29. The molecule has 11 aromatic rings. The SMILES string of the molecule is C1=CC2c3cc(-n4c5ccccc5c5c4ccc4c6ccccc6n(-c6ccc7c(c6)c6ccccc6n7-c6ccccc6)c45)ccc3N(c3ccccc3)C2C=C1. The van der Waals surface area contributed by atoms with Gasteiger partial charge in [-0.2, -0.15) is 0 Å². The van der Waals surface area contributed by atoms with Crippen LogP contribution in [0.4, 0.5) is 11.4 Å². The quantitative estimate of drug-likeness (QED) is 0.176. The molecule has 1 aliphatic carbocycles. The lowest BCUT2D eigenvalue weighted by Crippen LogP contribution is -2.28. The van der Waals surface area contributed by atoms with Gasteiger partial charge in [-0.05, 0) is 90.5 Å². The Balaban J connectivity index is 1.08. The monoisotopic (exact) mass is 740 g/mol. The van der Waals surface area contributed by atoms with Crippen molar-refractivity contribution in [1.82, 2.24) is 13.7 Å². The minimum Gasteiger partial charge on any atom is -0.333 e. The molecular weight excluding hydrogens is 705 g/mol. The minimum atomic E-state index is 0.241. The van der Waals surface area contributed by atoms with Crippen molar-refractivity contribution in [3.05, 3.63) is 212 Å². The summed E-state index contributed by atoms with van der Waals surface area (Å²) in [6.45, 7) is 0. The van der Waals surface area contributed by atoms with E-state index >= 15 is 0 Å². The van der Waals surface area contributed by atoms with Gasteiger partial charge in [-0.25, -0.2) is 0 Å². The Morgan fingerprint density at radius 2 is 0.897 bits per heavy atom. The van der Waals surface area contributed by atoms with Crippen molar-refractivity contribution < 1.29 is 0 Å². The molecule has 0 saturated carbocycles. The summed E-state index contributed by atoms with van der Waals surface area (Å²) >= 11 is 0. The van der Waals surface area contributed by atoms with E-state index < -0.39 is 0 Å². The van der Waals surface area contributed by atoms with Gasteiger partial charge in [0, 0.05) is 66.7 Å². The first-order chi connectivity index (χ1) is 28.8. The first-order valence-electron chi connectivity index (χ1n) is 20.2. The van der Waals surface area contributed by atoms with E-state index in [4.69, 9.17) is 0 Å². The van der Waals surface area contributed by atoms with Crippen molar-refractivity contribution in [3.63, 3.8) is 0 Å². The Hall–Kier alpha value is -7.56. The third-order valence-corrected chi connectivity index (χ3v) is 12.7. The molecule has 272 valence electrons. The molecular formula is C54H36N4. The van der Waals surface area contributed by atoms with E-state index in [9.17, 15) is 0 Å². The van der Waals surface area contributed by atoms with Crippen molar-refractivity contribution in [3.8, 4) is 17.1 Å². The Labute approximate surface area is 335 Å². The number of rotatable bonds is 4. The lowest BCUT2D eigenvalue weighted by molar-refractivity contribution is 0.744. The molecule has 2 atom stereocenters. The Kier molecular flexibility index (Phi) is 6.53. The van der Waals surface area contributed by atoms with Gasteiger partial charge in [-0.15, -0.1) is 0 Å². The van der Waals surface area contributed by atoms with Crippen molar-refractivity contribution in [1.29, 1.82) is 0 Å². The van der Waals surface area contributed by atoms with Gasteiger partial charge in [0.05, 0.1) is 39.1 Å². The van der Waals surface area contributed by atoms with Crippen LogP contribution >= 0.6 is 0 Å². The average molecular weight is 741 g/mol. The summed E-state index contributed by atoms with van der Waals surface area (Å²) in [6, 6.07) is 67.2. The molecule has 0 bridgehead atoms. The molecule has 1 aliphatic heterocycles. The number of anilines is 2. The van der Waals surface area contributed by atoms with Crippen molar-refractivity contribution in [2.75, 3.05) is 4.90 Å². The fourth-order valence-electron chi connectivity index (χ4n) is 10.4. The fourth-order valence-corrected chi connectivity index (χ4v) is 10.4. The molecule has 0 radical (unpaired) electrons. The Bertz CT molecular complexity index is 3520. The highest BCUT2D eigenvalue weighted by Crippen LogP contribution is 2.49. The standard InChI is InChI=1S/C54H36N4/c1-3-15-35(16-4-1)55-46-23-11-8-20-40(46)44-33-37(27-30-50(44)55)57-49-26-14-10-22-43(49)53-52(57)32-29-42-39-19-7-13-25-48(39)58(54(42)53)38-28-31-51-45(34-38)41-21-9-12-24-47(41)56(51)36-17-5-2-6-18-36/h1-34,40,46H. The van der Waals surface area contributed by atoms with Crippen molar-refractivity contribution in [2.24, 2.45) is 0 Å². The third-order valence-electron chi connectivity index (χ3n) is 12.7. The van der Waals surface area contributed by atoms with Gasteiger partial charge >= 0.3 is 0 Å². The van der Waals surface area contributed by atoms with Crippen molar-refractivity contribution >= 4 is 76.8 Å².